The third-order valence-electron chi connectivity index (χ3n) is 4.73. The molecule has 1 aliphatic carbocycles. The van der Waals surface area contributed by atoms with E-state index in [0.29, 0.717) is 6.04 Å². The molecule has 18 heavy (non-hydrogen) atoms. The predicted octanol–water partition coefficient (Wildman–Crippen LogP) is 1.30. The first kappa shape index (κ1) is 12.4. The summed E-state index contributed by atoms with van der Waals surface area (Å²) < 4.78 is 5.89. The summed E-state index contributed by atoms with van der Waals surface area (Å²) in [7, 11) is 0. The van der Waals surface area contributed by atoms with Crippen LogP contribution in [-0.4, -0.2) is 48.7 Å². The smallest absolute Gasteiger partial charge is 0.248 e. The Bertz CT molecular complexity index is 307. The summed E-state index contributed by atoms with van der Waals surface area (Å²) >= 11 is 0. The number of nitrogens with one attached hydrogen (secondary N) is 1. The summed E-state index contributed by atoms with van der Waals surface area (Å²) in [5.74, 6) is 0.207. The number of morpholine rings is 1. The molecule has 1 spiro atoms. The van der Waals surface area contributed by atoms with E-state index in [1.807, 2.05) is 0 Å². The van der Waals surface area contributed by atoms with Crippen LogP contribution in [0.3, 0.4) is 0 Å². The summed E-state index contributed by atoms with van der Waals surface area (Å²) in [6.07, 6.45) is 8.52. The van der Waals surface area contributed by atoms with Gasteiger partial charge in [0.2, 0.25) is 5.91 Å². The largest absolute Gasteiger partial charge is 0.362 e. The van der Waals surface area contributed by atoms with E-state index in [0.717, 1.165) is 32.5 Å². The van der Waals surface area contributed by atoms with Crippen LogP contribution in [0.25, 0.3) is 0 Å². The first-order valence-corrected chi connectivity index (χ1v) is 7.43. The van der Waals surface area contributed by atoms with E-state index in [4.69, 9.17) is 4.74 Å². The number of hydrogen-bond donors (Lipinski definition) is 1. The van der Waals surface area contributed by atoms with Crippen LogP contribution in [-0.2, 0) is 9.53 Å². The molecule has 0 radical (unpaired) electrons. The van der Waals surface area contributed by atoms with E-state index >= 15 is 0 Å². The predicted molar refractivity (Wildman–Crippen MR) is 69.4 cm³/mol. The Balaban J connectivity index is 1.69. The molecule has 2 heterocycles. The summed E-state index contributed by atoms with van der Waals surface area (Å²) in [6, 6.07) is 0.481. The Labute approximate surface area is 109 Å². The first-order chi connectivity index (χ1) is 8.79. The zero-order chi connectivity index (χ0) is 12.4. The van der Waals surface area contributed by atoms with Crippen LogP contribution in [0.1, 0.15) is 44.9 Å². The van der Waals surface area contributed by atoms with Crippen LogP contribution >= 0.6 is 0 Å². The van der Waals surface area contributed by atoms with Gasteiger partial charge < -0.3 is 15.0 Å². The summed E-state index contributed by atoms with van der Waals surface area (Å²) in [5, 5.41) is 3.42. The van der Waals surface area contributed by atoms with Crippen molar-refractivity contribution in [3.05, 3.63) is 0 Å². The molecule has 1 atom stereocenters. The van der Waals surface area contributed by atoms with Crippen molar-refractivity contribution in [2.75, 3.05) is 26.2 Å². The monoisotopic (exact) mass is 252 g/mol. The van der Waals surface area contributed by atoms with E-state index in [2.05, 4.69) is 10.2 Å². The molecule has 2 aliphatic heterocycles. The second-order valence-electron chi connectivity index (χ2n) is 6.07. The second kappa shape index (κ2) is 5.17. The summed E-state index contributed by atoms with van der Waals surface area (Å²) in [4.78, 5) is 14.2. The highest BCUT2D eigenvalue weighted by atomic mass is 16.5. The van der Waals surface area contributed by atoms with Crippen molar-refractivity contribution < 1.29 is 9.53 Å². The molecule has 3 aliphatic rings. The molecule has 2 saturated heterocycles. The molecule has 0 aromatic heterocycles. The maximum absolute atomic E-state index is 12.1. The van der Waals surface area contributed by atoms with Gasteiger partial charge in [-0.15, -0.1) is 0 Å². The molecule has 0 aromatic carbocycles. The van der Waals surface area contributed by atoms with E-state index in [-0.39, 0.29) is 18.1 Å². The maximum Gasteiger partial charge on any atom is 0.248 e. The lowest BCUT2D eigenvalue weighted by Gasteiger charge is -2.48. The van der Waals surface area contributed by atoms with Gasteiger partial charge in [0, 0.05) is 12.6 Å². The highest BCUT2D eigenvalue weighted by Gasteiger charge is 2.42. The van der Waals surface area contributed by atoms with Crippen LogP contribution in [0.15, 0.2) is 0 Å². The minimum absolute atomic E-state index is 0.0936. The number of nitrogens with zero attached hydrogens (tertiary/aromatic N) is 1. The molecule has 4 nitrogen and oxygen atoms in total. The molecule has 4 heteroatoms. The van der Waals surface area contributed by atoms with E-state index < -0.39 is 0 Å². The zero-order valence-corrected chi connectivity index (χ0v) is 11.1. The van der Waals surface area contributed by atoms with Crippen LogP contribution < -0.4 is 5.32 Å². The Morgan fingerprint density at radius 1 is 1.22 bits per heavy atom. The molecule has 0 aromatic rings. The lowest BCUT2D eigenvalue weighted by molar-refractivity contribution is -0.171. The Hall–Kier alpha value is -0.610. The number of rotatable bonds is 1. The van der Waals surface area contributed by atoms with Gasteiger partial charge in [0.05, 0.1) is 12.1 Å². The van der Waals surface area contributed by atoms with Crippen molar-refractivity contribution in [3.63, 3.8) is 0 Å². The standard InChI is InChI=1S/C14H24N2O2/c17-13-9-18-14(7-4-8-15-10-14)11-16(13)12-5-2-1-3-6-12/h12,15H,1-11H2. The molecular weight excluding hydrogens is 228 g/mol. The van der Waals surface area contributed by atoms with E-state index in [9.17, 15) is 4.79 Å². The van der Waals surface area contributed by atoms with Crippen molar-refractivity contribution >= 4 is 5.91 Å². The number of carbonyl (C=O) groups excluding carboxylic acids is 1. The molecule has 1 unspecified atom stereocenters. The Morgan fingerprint density at radius 3 is 2.78 bits per heavy atom. The van der Waals surface area contributed by atoms with Gasteiger partial charge in [-0.3, -0.25) is 4.79 Å². The minimum Gasteiger partial charge on any atom is -0.362 e. The quantitative estimate of drug-likeness (QED) is 0.765. The molecule has 102 valence electrons. The molecule has 1 saturated carbocycles. The van der Waals surface area contributed by atoms with Crippen LogP contribution in [0, 0.1) is 0 Å². The summed E-state index contributed by atoms with van der Waals surface area (Å²) in [5.41, 5.74) is -0.0936. The topological polar surface area (TPSA) is 41.6 Å². The fourth-order valence-corrected chi connectivity index (χ4v) is 3.67. The first-order valence-electron chi connectivity index (χ1n) is 7.43. The van der Waals surface area contributed by atoms with Crippen LogP contribution in [0.2, 0.25) is 0 Å². The van der Waals surface area contributed by atoms with Crippen molar-refractivity contribution in [3.8, 4) is 0 Å². The maximum atomic E-state index is 12.1. The third kappa shape index (κ3) is 2.41. The average molecular weight is 252 g/mol. The molecule has 3 fully saturated rings. The number of ether oxygens (including phenoxy) is 1. The van der Waals surface area contributed by atoms with Crippen LogP contribution in [0.4, 0.5) is 0 Å². The molecule has 1 amide bonds. The SMILES string of the molecule is O=C1COC2(CCCNC2)CN1C1CCCCC1. The fourth-order valence-electron chi connectivity index (χ4n) is 3.67. The molecule has 1 N–H and O–H groups in total. The van der Waals surface area contributed by atoms with Crippen molar-refractivity contribution in [2.24, 2.45) is 0 Å². The zero-order valence-electron chi connectivity index (χ0n) is 11.1. The number of carbonyl (C=O) groups is 1. The normalized spacial score (nSPS) is 35.1. The molecule has 3 rings (SSSR count). The Kier molecular flexibility index (Phi) is 3.57. The lowest BCUT2D eigenvalue weighted by Crippen LogP contribution is -2.62. The number of amides is 1. The molecule has 0 bridgehead atoms. The van der Waals surface area contributed by atoms with Gasteiger partial charge in [0.25, 0.3) is 0 Å². The van der Waals surface area contributed by atoms with E-state index in [1.165, 1.54) is 32.1 Å². The van der Waals surface area contributed by atoms with Gasteiger partial charge in [-0.2, -0.15) is 0 Å². The fraction of sp³-hybridized carbons (Fsp3) is 0.929. The average Bonchev–Trinajstić information content (AvgIpc) is 2.44. The summed E-state index contributed by atoms with van der Waals surface area (Å²) in [6.45, 7) is 3.09. The van der Waals surface area contributed by atoms with Gasteiger partial charge in [0.15, 0.2) is 0 Å². The van der Waals surface area contributed by atoms with Crippen molar-refractivity contribution in [1.82, 2.24) is 10.2 Å². The minimum atomic E-state index is -0.0936. The second-order valence-corrected chi connectivity index (χ2v) is 6.07. The van der Waals surface area contributed by atoms with E-state index in [1.54, 1.807) is 0 Å². The third-order valence-corrected chi connectivity index (χ3v) is 4.73. The highest BCUT2D eigenvalue weighted by molar-refractivity contribution is 5.78. The number of hydrogen-bond acceptors (Lipinski definition) is 3. The van der Waals surface area contributed by atoms with Gasteiger partial charge in [-0.05, 0) is 32.2 Å². The van der Waals surface area contributed by atoms with Gasteiger partial charge >= 0.3 is 0 Å². The van der Waals surface area contributed by atoms with Crippen molar-refractivity contribution in [1.29, 1.82) is 0 Å². The Morgan fingerprint density at radius 2 is 2.06 bits per heavy atom. The molecular formula is C14H24N2O2. The number of piperidine rings is 1. The van der Waals surface area contributed by atoms with Gasteiger partial charge in [-0.1, -0.05) is 19.3 Å². The van der Waals surface area contributed by atoms with Crippen LogP contribution in [0.5, 0.6) is 0 Å². The van der Waals surface area contributed by atoms with Gasteiger partial charge in [-0.25, -0.2) is 0 Å². The van der Waals surface area contributed by atoms with Gasteiger partial charge in [0.1, 0.15) is 6.61 Å². The lowest BCUT2D eigenvalue weighted by atomic mass is 9.88. The highest BCUT2D eigenvalue weighted by Crippen LogP contribution is 2.31. The van der Waals surface area contributed by atoms with Crippen molar-refractivity contribution in [2.45, 2.75) is 56.6 Å².